The van der Waals surface area contributed by atoms with Crippen LogP contribution in [0.3, 0.4) is 0 Å². The Labute approximate surface area is 244 Å². The highest BCUT2D eigenvalue weighted by Crippen LogP contribution is 2.46. The quantitative estimate of drug-likeness (QED) is 0.201. The van der Waals surface area contributed by atoms with Crippen molar-refractivity contribution in [1.82, 2.24) is 4.90 Å². The molecule has 6 nitrogen and oxygen atoms in total. The molecule has 232 valence electrons. The van der Waals surface area contributed by atoms with Gasteiger partial charge in [-0.2, -0.15) is 0 Å². The van der Waals surface area contributed by atoms with Crippen LogP contribution in [-0.2, 0) is 18.3 Å². The molecule has 0 aromatic carbocycles. The van der Waals surface area contributed by atoms with Gasteiger partial charge < -0.3 is 18.3 Å². The van der Waals surface area contributed by atoms with Gasteiger partial charge >= 0.3 is 6.09 Å². The lowest BCUT2D eigenvalue weighted by Gasteiger charge is -2.52. The van der Waals surface area contributed by atoms with Crippen LogP contribution in [0.2, 0.25) is 33.2 Å². The van der Waals surface area contributed by atoms with Crippen molar-refractivity contribution in [3.63, 3.8) is 0 Å². The summed E-state index contributed by atoms with van der Waals surface area (Å²) in [6.45, 7) is 36.5. The van der Waals surface area contributed by atoms with Crippen molar-refractivity contribution in [3.05, 3.63) is 0 Å². The minimum atomic E-state index is -2.21. The van der Waals surface area contributed by atoms with Crippen LogP contribution in [0.4, 0.5) is 4.79 Å². The van der Waals surface area contributed by atoms with Crippen molar-refractivity contribution < 1.29 is 23.1 Å². The SMILES string of the molecule is CCOC1CC[C@@H](O[Si](C(C)C)(C(C)C)C(C)C)[C@H](CO[Si](C(C)C)(C(C)C)C(C)C)N1C(=O)OC(C)(C)C. The third-order valence-electron chi connectivity index (χ3n) is 9.03. The van der Waals surface area contributed by atoms with Crippen LogP contribution in [0.25, 0.3) is 0 Å². The van der Waals surface area contributed by atoms with Crippen LogP contribution >= 0.6 is 0 Å². The molecule has 0 aliphatic carbocycles. The first-order valence-corrected chi connectivity index (χ1v) is 20.0. The van der Waals surface area contributed by atoms with Gasteiger partial charge in [-0.05, 0) is 73.8 Å². The first kappa shape index (κ1) is 36.6. The molecule has 1 rings (SSSR count). The maximum absolute atomic E-state index is 13.9. The average Bonchev–Trinajstić information content (AvgIpc) is 2.76. The van der Waals surface area contributed by atoms with E-state index >= 15 is 0 Å². The number of piperidine rings is 1. The molecule has 1 saturated heterocycles. The zero-order valence-electron chi connectivity index (χ0n) is 28.5. The summed E-state index contributed by atoms with van der Waals surface area (Å²) in [5.41, 5.74) is 2.11. The molecular weight excluding hydrogens is 523 g/mol. The van der Waals surface area contributed by atoms with Gasteiger partial charge in [0.1, 0.15) is 11.8 Å². The summed E-state index contributed by atoms with van der Waals surface area (Å²) in [4.78, 5) is 15.7. The maximum Gasteiger partial charge on any atom is 0.412 e. The molecule has 1 fully saturated rings. The first-order chi connectivity index (χ1) is 17.8. The van der Waals surface area contributed by atoms with E-state index in [4.69, 9.17) is 18.3 Å². The first-order valence-electron chi connectivity index (χ1n) is 15.7. The number of nitrogens with zero attached hydrogens (tertiary/aromatic N) is 1. The second-order valence-electron chi connectivity index (χ2n) is 14.5. The molecule has 0 radical (unpaired) electrons. The summed E-state index contributed by atoms with van der Waals surface area (Å²) in [6, 6.07) is -0.267. The van der Waals surface area contributed by atoms with Crippen molar-refractivity contribution >= 4 is 22.7 Å². The summed E-state index contributed by atoms with van der Waals surface area (Å²) in [7, 11) is -4.39. The molecule has 3 atom stereocenters. The molecule has 39 heavy (non-hydrogen) atoms. The van der Waals surface area contributed by atoms with Gasteiger partial charge in [-0.25, -0.2) is 4.79 Å². The Morgan fingerprint density at radius 2 is 1.21 bits per heavy atom. The van der Waals surface area contributed by atoms with E-state index in [9.17, 15) is 4.79 Å². The Bertz CT molecular complexity index is 704. The largest absolute Gasteiger partial charge is 0.444 e. The van der Waals surface area contributed by atoms with E-state index in [1.54, 1.807) is 0 Å². The summed E-state index contributed by atoms with van der Waals surface area (Å²) >= 11 is 0. The predicted octanol–water partition coefficient (Wildman–Crippen LogP) is 9.50. The molecule has 0 N–H and O–H groups in total. The van der Waals surface area contributed by atoms with E-state index in [0.717, 1.165) is 12.8 Å². The number of ether oxygens (including phenoxy) is 2. The van der Waals surface area contributed by atoms with Crippen molar-refractivity contribution in [1.29, 1.82) is 0 Å². The number of hydrogen-bond donors (Lipinski definition) is 0. The van der Waals surface area contributed by atoms with Gasteiger partial charge in [0.05, 0.1) is 18.8 Å². The molecule has 1 heterocycles. The Balaban J connectivity index is 3.70. The van der Waals surface area contributed by atoms with Crippen LogP contribution in [0, 0.1) is 0 Å². The number of carbonyl (C=O) groups is 1. The molecule has 1 aliphatic rings. The lowest BCUT2D eigenvalue weighted by molar-refractivity contribution is -0.133. The number of carbonyl (C=O) groups excluding carboxylic acids is 1. The highest BCUT2D eigenvalue weighted by molar-refractivity contribution is 6.78. The third-order valence-corrected chi connectivity index (χ3v) is 21.2. The minimum Gasteiger partial charge on any atom is -0.444 e. The minimum absolute atomic E-state index is 0.119. The summed E-state index contributed by atoms with van der Waals surface area (Å²) in [6.07, 6.45) is 0.776. The fourth-order valence-electron chi connectivity index (χ4n) is 7.68. The van der Waals surface area contributed by atoms with E-state index < -0.39 is 22.2 Å². The van der Waals surface area contributed by atoms with E-state index in [1.807, 2.05) is 32.6 Å². The second kappa shape index (κ2) is 14.7. The molecule has 0 spiro atoms. The van der Waals surface area contributed by atoms with Gasteiger partial charge in [0.25, 0.3) is 0 Å². The van der Waals surface area contributed by atoms with E-state index in [0.29, 0.717) is 46.5 Å². The zero-order valence-corrected chi connectivity index (χ0v) is 30.5. The van der Waals surface area contributed by atoms with Crippen LogP contribution < -0.4 is 0 Å². The molecular formula is C31H65NO5Si2. The van der Waals surface area contributed by atoms with Crippen LogP contribution in [0.5, 0.6) is 0 Å². The van der Waals surface area contributed by atoms with Gasteiger partial charge in [-0.1, -0.05) is 83.1 Å². The van der Waals surface area contributed by atoms with Crippen LogP contribution in [-0.4, -0.2) is 64.8 Å². The van der Waals surface area contributed by atoms with Gasteiger partial charge in [-0.3, -0.25) is 4.90 Å². The molecule has 1 amide bonds. The highest BCUT2D eigenvalue weighted by Gasteiger charge is 2.53. The summed E-state index contributed by atoms with van der Waals surface area (Å²) < 4.78 is 26.8. The molecule has 0 aromatic rings. The Morgan fingerprint density at radius 3 is 1.56 bits per heavy atom. The zero-order chi connectivity index (χ0) is 30.5. The normalized spacial score (nSPS) is 21.8. The molecule has 1 unspecified atom stereocenters. The molecule has 0 bridgehead atoms. The smallest absolute Gasteiger partial charge is 0.412 e. The van der Waals surface area contributed by atoms with Gasteiger partial charge in [0.2, 0.25) is 8.32 Å². The number of hydrogen-bond acceptors (Lipinski definition) is 5. The van der Waals surface area contributed by atoms with Crippen LogP contribution in [0.15, 0.2) is 0 Å². The summed E-state index contributed by atoms with van der Waals surface area (Å²) in [5, 5.41) is 0. The Hall–Kier alpha value is -0.416. The second-order valence-corrected chi connectivity index (χ2v) is 25.4. The monoisotopic (exact) mass is 587 g/mol. The van der Waals surface area contributed by atoms with E-state index in [2.05, 4.69) is 83.1 Å². The van der Waals surface area contributed by atoms with E-state index in [-0.39, 0.29) is 24.5 Å². The van der Waals surface area contributed by atoms with Gasteiger partial charge in [0.15, 0.2) is 8.32 Å². The van der Waals surface area contributed by atoms with Crippen molar-refractivity contribution in [2.45, 2.75) is 181 Å². The van der Waals surface area contributed by atoms with Crippen molar-refractivity contribution in [2.75, 3.05) is 13.2 Å². The van der Waals surface area contributed by atoms with Gasteiger partial charge in [-0.15, -0.1) is 0 Å². The fourth-order valence-corrected chi connectivity index (χ4v) is 18.8. The standard InChI is InChI=1S/C31H65NO5Si2/c1-17-34-29-19-18-28(37-39(24(8)9,25(10)11)26(12)13)27(32(29)30(33)36-31(14,15)16)20-35-38(21(2)3,22(4)5)23(6)7/h21-29H,17-20H2,1-16H3/t27-,28+,29?/m0/s1. The highest BCUT2D eigenvalue weighted by atomic mass is 28.4. The lowest BCUT2D eigenvalue weighted by Crippen LogP contribution is -2.64. The number of rotatable bonds is 13. The lowest BCUT2D eigenvalue weighted by atomic mass is 9.98. The molecule has 0 aromatic heterocycles. The van der Waals surface area contributed by atoms with E-state index in [1.165, 1.54) is 0 Å². The fraction of sp³-hybridized carbons (Fsp3) is 0.968. The third kappa shape index (κ3) is 8.33. The topological polar surface area (TPSA) is 57.2 Å². The maximum atomic E-state index is 13.9. The van der Waals surface area contributed by atoms with Crippen molar-refractivity contribution in [3.8, 4) is 0 Å². The molecule has 1 aliphatic heterocycles. The Kier molecular flexibility index (Phi) is 13.8. The predicted molar refractivity (Wildman–Crippen MR) is 169 cm³/mol. The van der Waals surface area contributed by atoms with Crippen LogP contribution in [0.1, 0.15) is 124 Å². The van der Waals surface area contributed by atoms with Gasteiger partial charge in [0, 0.05) is 6.61 Å². The molecule has 0 saturated carbocycles. The molecule has 8 heteroatoms. The van der Waals surface area contributed by atoms with Crippen molar-refractivity contribution in [2.24, 2.45) is 0 Å². The average molecular weight is 588 g/mol. The Morgan fingerprint density at radius 1 is 0.769 bits per heavy atom. The number of amides is 1. The number of likely N-dealkylation sites (tertiary alicyclic amines) is 1. The summed E-state index contributed by atoms with van der Waals surface area (Å²) in [5.74, 6) is 0.